The maximum Gasteiger partial charge on any atom is 0.232 e. The van der Waals surface area contributed by atoms with Gasteiger partial charge in [-0.25, -0.2) is 4.98 Å². The second-order valence-electron chi connectivity index (χ2n) is 4.04. The van der Waals surface area contributed by atoms with Crippen LogP contribution >= 0.6 is 0 Å². The van der Waals surface area contributed by atoms with Gasteiger partial charge in [-0.3, -0.25) is 0 Å². The van der Waals surface area contributed by atoms with Crippen LogP contribution in [0.1, 0.15) is 16.8 Å². The molecule has 0 aliphatic heterocycles. The Hall–Kier alpha value is -2.60. The first kappa shape index (κ1) is 12.8. The van der Waals surface area contributed by atoms with Gasteiger partial charge < -0.3 is 4.74 Å². The number of hydrogen-bond donors (Lipinski definition) is 0. The second kappa shape index (κ2) is 6.36. The first-order valence-corrected chi connectivity index (χ1v) is 6.02. The number of nitriles is 1. The molecule has 0 fully saturated rings. The molecule has 0 radical (unpaired) electrons. The zero-order valence-corrected chi connectivity index (χ0v) is 10.7. The number of aryl methyl sites for hydroxylation is 1. The van der Waals surface area contributed by atoms with E-state index >= 15 is 0 Å². The quantitative estimate of drug-likeness (QED) is 0.835. The van der Waals surface area contributed by atoms with Crippen LogP contribution in [0.15, 0.2) is 48.5 Å². The number of pyridine rings is 1. The third-order valence-electron chi connectivity index (χ3n) is 2.55. The maximum absolute atomic E-state index is 8.96. The van der Waals surface area contributed by atoms with Gasteiger partial charge in [0.1, 0.15) is 18.2 Å². The fraction of sp³-hybridized carbons (Fsp3) is 0.125. The van der Waals surface area contributed by atoms with Gasteiger partial charge in [-0.1, -0.05) is 36.4 Å². The van der Waals surface area contributed by atoms with Crippen molar-refractivity contribution >= 4 is 6.08 Å². The Morgan fingerprint density at radius 1 is 1.21 bits per heavy atom. The summed E-state index contributed by atoms with van der Waals surface area (Å²) in [4.78, 5) is 4.21. The van der Waals surface area contributed by atoms with Crippen LogP contribution in [0.3, 0.4) is 0 Å². The summed E-state index contributed by atoms with van der Waals surface area (Å²) in [6.07, 6.45) is 3.88. The summed E-state index contributed by atoms with van der Waals surface area (Å²) in [6.45, 7) is 2.26. The van der Waals surface area contributed by atoms with Gasteiger partial charge in [0.2, 0.25) is 5.88 Å². The summed E-state index contributed by atoms with van der Waals surface area (Å²) in [6, 6.07) is 15.6. The average molecular weight is 250 g/mol. The van der Waals surface area contributed by atoms with Crippen LogP contribution < -0.4 is 4.74 Å². The van der Waals surface area contributed by atoms with Crippen LogP contribution in [-0.4, -0.2) is 11.6 Å². The van der Waals surface area contributed by atoms with Crippen LogP contribution in [0, 0.1) is 18.3 Å². The summed E-state index contributed by atoms with van der Waals surface area (Å²) in [5, 5.41) is 8.96. The van der Waals surface area contributed by atoms with E-state index < -0.39 is 0 Å². The van der Waals surface area contributed by atoms with Gasteiger partial charge in [0, 0.05) is 5.69 Å². The Bertz CT molecular complexity index is 612. The Morgan fingerprint density at radius 3 is 2.74 bits per heavy atom. The van der Waals surface area contributed by atoms with E-state index in [1.54, 1.807) is 12.1 Å². The summed E-state index contributed by atoms with van der Waals surface area (Å²) >= 11 is 0. The molecule has 0 saturated heterocycles. The second-order valence-corrected chi connectivity index (χ2v) is 4.04. The molecule has 0 aliphatic carbocycles. The van der Waals surface area contributed by atoms with E-state index in [9.17, 15) is 0 Å². The van der Waals surface area contributed by atoms with Gasteiger partial charge in [-0.2, -0.15) is 5.26 Å². The van der Waals surface area contributed by atoms with Crippen LogP contribution in [0.2, 0.25) is 0 Å². The monoisotopic (exact) mass is 250 g/mol. The van der Waals surface area contributed by atoms with Gasteiger partial charge in [-0.05, 0) is 30.7 Å². The molecule has 3 heteroatoms. The number of aromatic nitrogens is 1. The lowest BCUT2D eigenvalue weighted by atomic mass is 10.2. The molecule has 2 rings (SSSR count). The Morgan fingerprint density at radius 2 is 2.00 bits per heavy atom. The molecule has 0 unspecified atom stereocenters. The minimum absolute atomic E-state index is 0.389. The van der Waals surface area contributed by atoms with Gasteiger partial charge in [-0.15, -0.1) is 0 Å². The van der Waals surface area contributed by atoms with Crippen molar-refractivity contribution in [2.24, 2.45) is 0 Å². The van der Waals surface area contributed by atoms with E-state index in [-0.39, 0.29) is 0 Å². The molecule has 0 amide bonds. The number of hydrogen-bond acceptors (Lipinski definition) is 3. The predicted molar refractivity (Wildman–Crippen MR) is 74.7 cm³/mol. The van der Waals surface area contributed by atoms with Crippen molar-refractivity contribution in [2.45, 2.75) is 6.92 Å². The van der Waals surface area contributed by atoms with Crippen molar-refractivity contribution in [1.29, 1.82) is 5.26 Å². The van der Waals surface area contributed by atoms with Crippen LogP contribution in [0.25, 0.3) is 6.08 Å². The third kappa shape index (κ3) is 3.68. The molecule has 19 heavy (non-hydrogen) atoms. The molecule has 0 spiro atoms. The zero-order valence-electron chi connectivity index (χ0n) is 10.7. The topological polar surface area (TPSA) is 45.9 Å². The molecule has 1 aromatic heterocycles. The molecule has 0 saturated carbocycles. The molecule has 1 aromatic carbocycles. The molecule has 0 N–H and O–H groups in total. The lowest BCUT2D eigenvalue weighted by Crippen LogP contribution is -1.99. The largest absolute Gasteiger partial charge is 0.472 e. The first-order valence-electron chi connectivity index (χ1n) is 6.02. The predicted octanol–water partition coefficient (Wildman–Crippen LogP) is 3.35. The van der Waals surface area contributed by atoms with Crippen molar-refractivity contribution < 1.29 is 4.74 Å². The van der Waals surface area contributed by atoms with Gasteiger partial charge in [0.15, 0.2) is 0 Å². The zero-order chi connectivity index (χ0) is 13.5. The fourth-order valence-corrected chi connectivity index (χ4v) is 1.60. The summed E-state index contributed by atoms with van der Waals surface area (Å²) in [7, 11) is 0. The van der Waals surface area contributed by atoms with E-state index in [0.29, 0.717) is 18.1 Å². The average Bonchev–Trinajstić information content (AvgIpc) is 2.45. The Kier molecular flexibility index (Phi) is 4.30. The molecular weight excluding hydrogens is 236 g/mol. The normalized spacial score (nSPS) is 10.3. The van der Waals surface area contributed by atoms with Crippen molar-refractivity contribution in [1.82, 2.24) is 4.98 Å². The molecule has 2 aromatic rings. The van der Waals surface area contributed by atoms with E-state index in [1.165, 1.54) is 0 Å². The van der Waals surface area contributed by atoms with Gasteiger partial charge in [0.05, 0.1) is 0 Å². The van der Waals surface area contributed by atoms with Crippen molar-refractivity contribution in [2.75, 3.05) is 6.61 Å². The van der Waals surface area contributed by atoms with Gasteiger partial charge >= 0.3 is 0 Å². The first-order chi connectivity index (χ1) is 9.29. The van der Waals surface area contributed by atoms with Crippen LogP contribution in [0.4, 0.5) is 0 Å². The van der Waals surface area contributed by atoms with Crippen molar-refractivity contribution in [3.63, 3.8) is 0 Å². The Labute approximate surface area is 112 Å². The highest BCUT2D eigenvalue weighted by molar-refractivity contribution is 5.48. The highest BCUT2D eigenvalue weighted by Gasteiger charge is 2.03. The molecule has 0 aliphatic rings. The van der Waals surface area contributed by atoms with E-state index in [2.05, 4.69) is 11.1 Å². The Balaban J connectivity index is 1.98. The highest BCUT2D eigenvalue weighted by atomic mass is 16.5. The molecule has 0 atom stereocenters. The standard InChI is InChI=1S/C16H14N2O/c1-13-9-10-15(12-17)16(18-13)19-11-5-8-14-6-3-2-4-7-14/h2-10H,11H2,1H3. The van der Waals surface area contributed by atoms with Gasteiger partial charge in [0.25, 0.3) is 0 Å². The number of benzene rings is 1. The van der Waals surface area contributed by atoms with E-state index in [1.807, 2.05) is 49.4 Å². The van der Waals surface area contributed by atoms with E-state index in [4.69, 9.17) is 10.00 Å². The lowest BCUT2D eigenvalue weighted by molar-refractivity contribution is 0.347. The summed E-state index contributed by atoms with van der Waals surface area (Å²) in [5.74, 6) is 0.389. The summed E-state index contributed by atoms with van der Waals surface area (Å²) in [5.41, 5.74) is 2.41. The smallest absolute Gasteiger partial charge is 0.232 e. The minimum Gasteiger partial charge on any atom is -0.472 e. The molecule has 0 bridgehead atoms. The molecular formula is C16H14N2O. The maximum atomic E-state index is 8.96. The minimum atomic E-state index is 0.389. The van der Waals surface area contributed by atoms with E-state index in [0.717, 1.165) is 11.3 Å². The number of rotatable bonds is 4. The molecule has 3 nitrogen and oxygen atoms in total. The fourth-order valence-electron chi connectivity index (χ4n) is 1.60. The van der Waals surface area contributed by atoms with Crippen molar-refractivity contribution in [3.05, 3.63) is 65.4 Å². The summed E-state index contributed by atoms with van der Waals surface area (Å²) < 4.78 is 5.51. The SMILES string of the molecule is Cc1ccc(C#N)c(OCC=Cc2ccccc2)n1. The number of ether oxygens (including phenoxy) is 1. The van der Waals surface area contributed by atoms with Crippen LogP contribution in [0.5, 0.6) is 5.88 Å². The van der Waals surface area contributed by atoms with Crippen molar-refractivity contribution in [3.8, 4) is 11.9 Å². The third-order valence-corrected chi connectivity index (χ3v) is 2.55. The van der Waals surface area contributed by atoms with Crippen LogP contribution in [-0.2, 0) is 0 Å². The molecule has 94 valence electrons. The molecule has 1 heterocycles. The highest BCUT2D eigenvalue weighted by Crippen LogP contribution is 2.14. The number of nitrogens with zero attached hydrogens (tertiary/aromatic N) is 2. The lowest BCUT2D eigenvalue weighted by Gasteiger charge is -2.04.